The molecule has 0 aliphatic carbocycles. The zero-order valence-corrected chi connectivity index (χ0v) is 9.41. The maximum Gasteiger partial charge on any atom is 0.330 e. The molecule has 0 atom stereocenters. The summed E-state index contributed by atoms with van der Waals surface area (Å²) in [5, 5.41) is 23.3. The lowest BCUT2D eigenvalue weighted by Crippen LogP contribution is -1.92. The first-order valence-electron chi connectivity index (χ1n) is 3.66. The number of hydrogen-bond acceptors (Lipinski definition) is 3. The smallest absolute Gasteiger partial charge is 0.330 e. The largest absolute Gasteiger partial charge is 0.513 e. The maximum absolute atomic E-state index is 9.60. The molecule has 0 saturated carbocycles. The minimum Gasteiger partial charge on any atom is -0.513 e. The molecule has 0 aromatic rings. The molecule has 0 saturated heterocycles. The van der Waals surface area contributed by atoms with E-state index in [1.165, 1.54) is 13.8 Å². The second-order valence-corrected chi connectivity index (χ2v) is 2.62. The molecule has 6 heteroatoms. The lowest BCUT2D eigenvalue weighted by atomic mass is 10.4. The van der Waals surface area contributed by atoms with Crippen LogP contribution in [0.25, 0.3) is 0 Å². The van der Waals surface area contributed by atoms with Crippen molar-refractivity contribution in [3.8, 4) is 0 Å². The van der Waals surface area contributed by atoms with E-state index in [-0.39, 0.29) is 17.2 Å². The standard InChI is InChI=1S/C4H6O2.C3H6O.C2H3ClO2/c1-3(2)4(5)6;1-3(2)4;3-1-2(4)5/h1H2,2H3,(H,5,6);4H,1H2,2H3;1H2,(H,4,5). The molecule has 5 nitrogen and oxygen atoms in total. The van der Waals surface area contributed by atoms with Crippen LogP contribution in [0.4, 0.5) is 0 Å². The van der Waals surface area contributed by atoms with Crippen molar-refractivity contribution in [2.75, 3.05) is 5.88 Å². The van der Waals surface area contributed by atoms with Crippen molar-refractivity contribution in [2.24, 2.45) is 0 Å². The summed E-state index contributed by atoms with van der Waals surface area (Å²) in [6.45, 7) is 9.24. The fraction of sp³-hybridized carbons (Fsp3) is 0.333. The second-order valence-electron chi connectivity index (χ2n) is 2.35. The molecule has 0 aromatic heterocycles. The summed E-state index contributed by atoms with van der Waals surface area (Å²) < 4.78 is 0. The molecule has 0 spiro atoms. The Bertz CT molecular complexity index is 219. The number of alkyl halides is 1. The Hall–Kier alpha value is -1.49. The molecule has 0 unspecified atom stereocenters. The van der Waals surface area contributed by atoms with Crippen molar-refractivity contribution in [3.63, 3.8) is 0 Å². The Morgan fingerprint density at radius 3 is 1.27 bits per heavy atom. The van der Waals surface area contributed by atoms with Crippen LogP contribution in [-0.2, 0) is 9.59 Å². The van der Waals surface area contributed by atoms with Gasteiger partial charge in [0.2, 0.25) is 0 Å². The molecule has 0 fully saturated rings. The van der Waals surface area contributed by atoms with E-state index in [2.05, 4.69) is 13.2 Å². The average Bonchev–Trinajstić information content (AvgIpc) is 2.04. The number of halogens is 1. The summed E-state index contributed by atoms with van der Waals surface area (Å²) in [5.74, 6) is -2.05. The highest BCUT2D eigenvalue weighted by molar-refractivity contribution is 6.26. The number of aliphatic hydroxyl groups is 1. The number of hydrogen-bond donors (Lipinski definition) is 3. The molecular formula is C9H15ClO5. The van der Waals surface area contributed by atoms with Gasteiger partial charge in [-0.1, -0.05) is 13.2 Å². The zero-order valence-electron chi connectivity index (χ0n) is 8.66. The highest BCUT2D eigenvalue weighted by Gasteiger charge is 1.90. The maximum atomic E-state index is 9.60. The Kier molecular flexibility index (Phi) is 16.0. The SMILES string of the molecule is C=C(C)C(=O)O.C=C(C)O.O=C(O)CCl. The quantitative estimate of drug-likeness (QED) is 0.389. The van der Waals surface area contributed by atoms with Crippen molar-refractivity contribution in [1.82, 2.24) is 0 Å². The van der Waals surface area contributed by atoms with E-state index in [9.17, 15) is 9.59 Å². The van der Waals surface area contributed by atoms with Gasteiger partial charge in [-0.05, 0) is 13.8 Å². The van der Waals surface area contributed by atoms with E-state index in [0.717, 1.165) is 0 Å². The van der Waals surface area contributed by atoms with Gasteiger partial charge >= 0.3 is 11.9 Å². The van der Waals surface area contributed by atoms with Gasteiger partial charge in [-0.25, -0.2) is 4.79 Å². The van der Waals surface area contributed by atoms with Crippen LogP contribution in [-0.4, -0.2) is 33.1 Å². The van der Waals surface area contributed by atoms with Gasteiger partial charge in [-0.15, -0.1) is 11.6 Å². The van der Waals surface area contributed by atoms with Crippen LogP contribution in [0.3, 0.4) is 0 Å². The van der Waals surface area contributed by atoms with Crippen molar-refractivity contribution < 1.29 is 24.9 Å². The van der Waals surface area contributed by atoms with E-state index >= 15 is 0 Å². The van der Waals surface area contributed by atoms with Gasteiger partial charge in [0.1, 0.15) is 5.88 Å². The number of aliphatic carboxylic acids is 2. The predicted molar refractivity (Wildman–Crippen MR) is 58.2 cm³/mol. The van der Waals surface area contributed by atoms with E-state index in [1.807, 2.05) is 0 Å². The number of rotatable bonds is 2. The molecule has 0 aliphatic heterocycles. The summed E-state index contributed by atoms with van der Waals surface area (Å²) in [6.07, 6.45) is 0. The summed E-state index contributed by atoms with van der Waals surface area (Å²) >= 11 is 4.74. The molecule has 15 heavy (non-hydrogen) atoms. The van der Waals surface area contributed by atoms with Gasteiger partial charge in [-0.2, -0.15) is 0 Å². The molecule has 0 radical (unpaired) electrons. The summed E-state index contributed by atoms with van der Waals surface area (Å²) in [6, 6.07) is 0. The molecule has 88 valence electrons. The van der Waals surface area contributed by atoms with Gasteiger partial charge in [0.05, 0.1) is 5.76 Å². The van der Waals surface area contributed by atoms with Gasteiger partial charge in [-0.3, -0.25) is 4.79 Å². The fourth-order valence-electron chi connectivity index (χ4n) is 0. The molecule has 0 heterocycles. The number of allylic oxidation sites excluding steroid dienone is 1. The monoisotopic (exact) mass is 238 g/mol. The highest BCUT2D eigenvalue weighted by Crippen LogP contribution is 1.81. The van der Waals surface area contributed by atoms with E-state index in [0.29, 0.717) is 0 Å². The molecule has 0 bridgehead atoms. The first kappa shape index (κ1) is 19.1. The predicted octanol–water partition coefficient (Wildman–Crippen LogP) is 2.03. The van der Waals surface area contributed by atoms with Gasteiger partial charge in [0.25, 0.3) is 0 Å². The second kappa shape index (κ2) is 12.5. The first-order valence-corrected chi connectivity index (χ1v) is 4.19. The van der Waals surface area contributed by atoms with Crippen LogP contribution >= 0.6 is 11.6 Å². The van der Waals surface area contributed by atoms with Crippen molar-refractivity contribution in [3.05, 3.63) is 24.5 Å². The van der Waals surface area contributed by atoms with Crippen LogP contribution in [0.2, 0.25) is 0 Å². The Labute approximate surface area is 93.3 Å². The molecule has 0 aromatic carbocycles. The lowest BCUT2D eigenvalue weighted by Gasteiger charge is -1.79. The van der Waals surface area contributed by atoms with Crippen molar-refractivity contribution in [1.29, 1.82) is 0 Å². The minimum atomic E-state index is -0.980. The summed E-state index contributed by atoms with van der Waals surface area (Å²) in [5.41, 5.74) is 0.176. The Balaban J connectivity index is -0.000000147. The third-order valence-electron chi connectivity index (χ3n) is 0.479. The van der Waals surface area contributed by atoms with E-state index in [4.69, 9.17) is 26.9 Å². The number of carboxylic acids is 2. The zero-order chi connectivity index (χ0) is 13.0. The number of aliphatic hydroxyl groups excluding tert-OH is 1. The van der Waals surface area contributed by atoms with E-state index < -0.39 is 11.9 Å². The lowest BCUT2D eigenvalue weighted by molar-refractivity contribution is -0.134. The summed E-state index contributed by atoms with van der Waals surface area (Å²) in [4.78, 5) is 18.8. The first-order chi connectivity index (χ1) is 6.64. The van der Waals surface area contributed by atoms with Gasteiger partial charge in [0, 0.05) is 5.57 Å². The van der Waals surface area contributed by atoms with Gasteiger partial charge < -0.3 is 15.3 Å². The number of carbonyl (C=O) groups is 2. The van der Waals surface area contributed by atoms with Gasteiger partial charge in [0.15, 0.2) is 0 Å². The van der Waals surface area contributed by atoms with Crippen molar-refractivity contribution >= 4 is 23.5 Å². The Morgan fingerprint density at radius 1 is 1.13 bits per heavy atom. The van der Waals surface area contributed by atoms with E-state index in [1.54, 1.807) is 0 Å². The van der Waals surface area contributed by atoms with Crippen molar-refractivity contribution in [2.45, 2.75) is 13.8 Å². The average molecular weight is 239 g/mol. The van der Waals surface area contributed by atoms with Crippen LogP contribution in [0.1, 0.15) is 13.8 Å². The molecular weight excluding hydrogens is 224 g/mol. The molecule has 0 rings (SSSR count). The molecule has 0 aliphatic rings. The Morgan fingerprint density at radius 2 is 1.27 bits per heavy atom. The minimum absolute atomic E-state index is 0.167. The molecule has 3 N–H and O–H groups in total. The topological polar surface area (TPSA) is 94.8 Å². The highest BCUT2D eigenvalue weighted by atomic mass is 35.5. The van der Waals surface area contributed by atoms with Crippen LogP contribution in [0.5, 0.6) is 0 Å². The normalized spacial score (nSPS) is 7.13. The van der Waals surface area contributed by atoms with Crippen LogP contribution in [0.15, 0.2) is 24.5 Å². The van der Waals surface area contributed by atoms with Crippen LogP contribution < -0.4 is 0 Å². The molecule has 0 amide bonds. The summed E-state index contributed by atoms with van der Waals surface area (Å²) in [7, 11) is 0. The fourth-order valence-corrected chi connectivity index (χ4v) is 0. The van der Waals surface area contributed by atoms with Crippen LogP contribution in [0, 0.1) is 0 Å². The third-order valence-corrected chi connectivity index (χ3v) is 0.708. The number of carboxylic acid groups (broad SMARTS) is 2. The third kappa shape index (κ3) is 67.9.